The number of nitrogens with one attached hydrogen (secondary N) is 2. The van der Waals surface area contributed by atoms with Crippen molar-refractivity contribution < 1.29 is 19.1 Å². The third-order valence-electron chi connectivity index (χ3n) is 4.30. The molecule has 144 valence electrons. The van der Waals surface area contributed by atoms with Gasteiger partial charge in [0.2, 0.25) is 0 Å². The molecule has 2 rings (SSSR count). The maximum absolute atomic E-state index is 12.0. The Labute approximate surface area is 159 Å². The van der Waals surface area contributed by atoms with E-state index in [0.717, 1.165) is 19.3 Å². The Kier molecular flexibility index (Phi) is 6.75. The van der Waals surface area contributed by atoms with Crippen LogP contribution >= 0.6 is 11.6 Å². The van der Waals surface area contributed by atoms with E-state index in [1.807, 2.05) is 20.8 Å². The van der Waals surface area contributed by atoms with Crippen molar-refractivity contribution >= 4 is 29.4 Å². The van der Waals surface area contributed by atoms with Gasteiger partial charge in [-0.25, -0.2) is 9.59 Å². The van der Waals surface area contributed by atoms with Crippen molar-refractivity contribution in [3.05, 3.63) is 28.8 Å². The Morgan fingerprint density at radius 3 is 2.65 bits per heavy atom. The van der Waals surface area contributed by atoms with Crippen molar-refractivity contribution in [2.45, 2.75) is 51.7 Å². The number of anilines is 1. The molecule has 1 aromatic rings. The number of halogens is 1. The van der Waals surface area contributed by atoms with E-state index in [-0.39, 0.29) is 12.0 Å². The van der Waals surface area contributed by atoms with Crippen LogP contribution in [0.3, 0.4) is 0 Å². The lowest BCUT2D eigenvalue weighted by atomic mass is 10.0. The van der Waals surface area contributed by atoms with Gasteiger partial charge in [0.05, 0.1) is 18.4 Å². The fourth-order valence-corrected chi connectivity index (χ4v) is 3.29. The van der Waals surface area contributed by atoms with Crippen LogP contribution in [0.5, 0.6) is 0 Å². The first-order valence-electron chi connectivity index (χ1n) is 8.81. The molecule has 0 bridgehead atoms. The highest BCUT2D eigenvalue weighted by Gasteiger charge is 2.30. The highest BCUT2D eigenvalue weighted by molar-refractivity contribution is 6.31. The molecule has 0 aliphatic heterocycles. The number of hydrogen-bond acceptors (Lipinski definition) is 5. The van der Waals surface area contributed by atoms with Crippen molar-refractivity contribution in [3.63, 3.8) is 0 Å². The average molecular weight is 383 g/mol. The van der Waals surface area contributed by atoms with Gasteiger partial charge in [0.25, 0.3) is 0 Å². The summed E-state index contributed by atoms with van der Waals surface area (Å²) in [6, 6.07) is 5.04. The second-order valence-electron chi connectivity index (χ2n) is 7.51. The zero-order chi connectivity index (χ0) is 19.3. The summed E-state index contributed by atoms with van der Waals surface area (Å²) in [7, 11) is 1.35. The number of amides is 1. The van der Waals surface area contributed by atoms with Crippen LogP contribution in [-0.4, -0.2) is 37.4 Å². The van der Waals surface area contributed by atoms with Gasteiger partial charge in [-0.1, -0.05) is 18.0 Å². The molecule has 2 N–H and O–H groups in total. The van der Waals surface area contributed by atoms with E-state index in [9.17, 15) is 9.59 Å². The Morgan fingerprint density at radius 2 is 2.00 bits per heavy atom. The Bertz CT molecular complexity index is 657. The molecule has 0 saturated heterocycles. The summed E-state index contributed by atoms with van der Waals surface area (Å²) in [6.07, 6.45) is 2.53. The molecule has 1 amide bonds. The maximum Gasteiger partial charge on any atom is 0.407 e. The minimum atomic E-state index is -0.521. The molecule has 0 spiro atoms. The van der Waals surface area contributed by atoms with Gasteiger partial charge < -0.3 is 20.1 Å². The summed E-state index contributed by atoms with van der Waals surface area (Å²) in [6.45, 7) is 6.14. The third-order valence-corrected chi connectivity index (χ3v) is 4.54. The second-order valence-corrected chi connectivity index (χ2v) is 7.94. The molecule has 0 unspecified atom stereocenters. The molecule has 1 fully saturated rings. The maximum atomic E-state index is 12.0. The Morgan fingerprint density at radius 1 is 1.27 bits per heavy atom. The molecule has 0 heterocycles. The predicted octanol–water partition coefficient (Wildman–Crippen LogP) is 4.23. The molecule has 1 aliphatic rings. The quantitative estimate of drug-likeness (QED) is 0.745. The van der Waals surface area contributed by atoms with Crippen LogP contribution in [0.2, 0.25) is 5.02 Å². The summed E-state index contributed by atoms with van der Waals surface area (Å²) < 4.78 is 10.2. The molecule has 6 nitrogen and oxygen atoms in total. The van der Waals surface area contributed by atoms with Gasteiger partial charge in [-0.3, -0.25) is 0 Å². The molecule has 26 heavy (non-hydrogen) atoms. The SMILES string of the molecule is COC(=O)c1ccc(Cl)cc1NC[C@@H]1CCC[C@@H]1NC(=O)OC(C)(C)C. The first-order chi connectivity index (χ1) is 12.2. The van der Waals surface area contributed by atoms with Crippen LogP contribution < -0.4 is 10.6 Å². The van der Waals surface area contributed by atoms with Crippen molar-refractivity contribution in [1.82, 2.24) is 5.32 Å². The molecule has 1 aromatic carbocycles. The lowest BCUT2D eigenvalue weighted by molar-refractivity contribution is 0.0494. The van der Waals surface area contributed by atoms with Crippen LogP contribution in [0, 0.1) is 5.92 Å². The van der Waals surface area contributed by atoms with Crippen LogP contribution in [0.1, 0.15) is 50.4 Å². The van der Waals surface area contributed by atoms with E-state index in [2.05, 4.69) is 10.6 Å². The average Bonchev–Trinajstić information content (AvgIpc) is 2.97. The summed E-state index contributed by atoms with van der Waals surface area (Å²) in [4.78, 5) is 23.9. The van der Waals surface area contributed by atoms with E-state index in [1.54, 1.807) is 18.2 Å². The molecule has 1 saturated carbocycles. The zero-order valence-electron chi connectivity index (χ0n) is 15.7. The number of methoxy groups -OCH3 is 1. The van der Waals surface area contributed by atoms with Crippen molar-refractivity contribution in [2.75, 3.05) is 19.0 Å². The summed E-state index contributed by atoms with van der Waals surface area (Å²) >= 11 is 6.05. The third kappa shape index (κ3) is 5.80. The minimum Gasteiger partial charge on any atom is -0.465 e. The normalized spacial score (nSPS) is 19.7. The molecule has 2 atom stereocenters. The number of esters is 1. The molecule has 0 aromatic heterocycles. The molecular weight excluding hydrogens is 356 g/mol. The minimum absolute atomic E-state index is 0.0399. The van der Waals surface area contributed by atoms with Gasteiger partial charge in [0.1, 0.15) is 5.60 Å². The number of hydrogen-bond donors (Lipinski definition) is 2. The summed E-state index contributed by atoms with van der Waals surface area (Å²) in [5.41, 5.74) is 0.547. The zero-order valence-corrected chi connectivity index (χ0v) is 16.5. The van der Waals surface area contributed by atoms with E-state index < -0.39 is 17.7 Å². The lowest BCUT2D eigenvalue weighted by Gasteiger charge is -2.25. The molecule has 0 radical (unpaired) electrons. The van der Waals surface area contributed by atoms with Gasteiger partial charge in [-0.05, 0) is 57.7 Å². The van der Waals surface area contributed by atoms with Crippen molar-refractivity contribution in [2.24, 2.45) is 5.92 Å². The second kappa shape index (κ2) is 8.62. The standard InChI is InChI=1S/C19H27ClN2O4/c1-19(2,3)26-18(24)22-15-7-5-6-12(15)11-21-16-10-13(20)8-9-14(16)17(23)25-4/h8-10,12,15,21H,5-7,11H2,1-4H3,(H,22,24)/t12-,15-/m0/s1. The van der Waals surface area contributed by atoms with Crippen molar-refractivity contribution in [1.29, 1.82) is 0 Å². The number of benzene rings is 1. The van der Waals surface area contributed by atoms with Crippen LogP contribution in [0.25, 0.3) is 0 Å². The smallest absolute Gasteiger partial charge is 0.407 e. The van der Waals surface area contributed by atoms with Gasteiger partial charge >= 0.3 is 12.1 Å². The fraction of sp³-hybridized carbons (Fsp3) is 0.579. The highest BCUT2D eigenvalue weighted by atomic mass is 35.5. The topological polar surface area (TPSA) is 76.7 Å². The monoisotopic (exact) mass is 382 g/mol. The largest absolute Gasteiger partial charge is 0.465 e. The molecule has 1 aliphatic carbocycles. The van der Waals surface area contributed by atoms with Gasteiger partial charge in [-0.15, -0.1) is 0 Å². The number of carbonyl (C=O) groups is 2. The number of ether oxygens (including phenoxy) is 2. The number of rotatable bonds is 5. The van der Waals surface area contributed by atoms with Gasteiger partial charge in [0, 0.05) is 17.6 Å². The Balaban J connectivity index is 1.99. The van der Waals surface area contributed by atoms with Gasteiger partial charge in [0.15, 0.2) is 0 Å². The summed E-state index contributed by atoms with van der Waals surface area (Å²) in [5, 5.41) is 6.79. The van der Waals surface area contributed by atoms with E-state index >= 15 is 0 Å². The van der Waals surface area contributed by atoms with E-state index in [4.69, 9.17) is 21.1 Å². The first-order valence-corrected chi connectivity index (χ1v) is 9.18. The Hall–Kier alpha value is -1.95. The molecule has 7 heteroatoms. The summed E-state index contributed by atoms with van der Waals surface area (Å²) in [5.74, 6) is -0.175. The lowest BCUT2D eigenvalue weighted by Crippen LogP contribution is -2.42. The van der Waals surface area contributed by atoms with Gasteiger partial charge in [-0.2, -0.15) is 0 Å². The first kappa shape index (κ1) is 20.4. The fourth-order valence-electron chi connectivity index (χ4n) is 3.12. The van der Waals surface area contributed by atoms with E-state index in [0.29, 0.717) is 22.8 Å². The molecular formula is C19H27ClN2O4. The van der Waals surface area contributed by atoms with Crippen LogP contribution in [0.15, 0.2) is 18.2 Å². The number of alkyl carbamates (subject to hydrolysis) is 1. The predicted molar refractivity (Wildman–Crippen MR) is 102 cm³/mol. The van der Waals surface area contributed by atoms with E-state index in [1.165, 1.54) is 7.11 Å². The number of carbonyl (C=O) groups excluding carboxylic acids is 2. The van der Waals surface area contributed by atoms with Crippen LogP contribution in [0.4, 0.5) is 10.5 Å². The van der Waals surface area contributed by atoms with Crippen molar-refractivity contribution in [3.8, 4) is 0 Å². The highest BCUT2D eigenvalue weighted by Crippen LogP contribution is 2.28. The van der Waals surface area contributed by atoms with Crippen LogP contribution in [-0.2, 0) is 9.47 Å².